The molecule has 0 saturated carbocycles. The van der Waals surface area contributed by atoms with Gasteiger partial charge in [-0.25, -0.2) is 4.79 Å². The molecule has 2 rings (SSSR count). The predicted octanol–water partition coefficient (Wildman–Crippen LogP) is 3.57. The molecule has 1 atom stereocenters. The van der Waals surface area contributed by atoms with E-state index in [0.717, 1.165) is 5.56 Å². The minimum absolute atomic E-state index is 0.203. The van der Waals surface area contributed by atoms with Crippen molar-refractivity contribution in [1.29, 1.82) is 0 Å². The second kappa shape index (κ2) is 8.78. The summed E-state index contributed by atoms with van der Waals surface area (Å²) in [7, 11) is -1.29. The zero-order chi connectivity index (χ0) is 18.4. The van der Waals surface area contributed by atoms with Gasteiger partial charge in [-0.1, -0.05) is 36.7 Å². The molecular formula is C18H18ClNO4S. The molecule has 0 radical (unpaired) electrons. The monoisotopic (exact) mass is 379 g/mol. The van der Waals surface area contributed by atoms with E-state index in [-0.39, 0.29) is 5.56 Å². The van der Waals surface area contributed by atoms with Crippen molar-refractivity contribution in [1.82, 2.24) is 0 Å². The molecule has 0 bridgehead atoms. The fourth-order valence-corrected chi connectivity index (χ4v) is 3.24. The van der Waals surface area contributed by atoms with Crippen LogP contribution in [-0.4, -0.2) is 28.4 Å². The largest absolute Gasteiger partial charge is 0.452 e. The second-order valence-electron chi connectivity index (χ2n) is 5.17. The number of rotatable bonds is 6. The number of hydrogen-bond donors (Lipinski definition) is 1. The van der Waals surface area contributed by atoms with E-state index in [1.165, 1.54) is 6.07 Å². The van der Waals surface area contributed by atoms with E-state index in [9.17, 15) is 13.8 Å². The van der Waals surface area contributed by atoms with E-state index in [0.29, 0.717) is 21.4 Å². The maximum atomic E-state index is 12.2. The Hall–Kier alpha value is -2.18. The van der Waals surface area contributed by atoms with Crippen LogP contribution in [0, 0.1) is 6.92 Å². The number of anilines is 1. The number of esters is 1. The standard InChI is InChI=1S/C18H18ClNO4S/c1-3-25(23)16-10-5-4-7-13(16)18(22)24-11-17(21)20-15-9-6-8-14(19)12(15)2/h4-10H,3,11H2,1-2H3,(H,20,21)/t25-/m1/s1. The van der Waals surface area contributed by atoms with Crippen molar-refractivity contribution in [2.24, 2.45) is 0 Å². The fraction of sp³-hybridized carbons (Fsp3) is 0.222. The summed E-state index contributed by atoms with van der Waals surface area (Å²) in [4.78, 5) is 24.6. The van der Waals surface area contributed by atoms with E-state index in [1.54, 1.807) is 50.2 Å². The third kappa shape index (κ3) is 4.90. The molecule has 0 aromatic heterocycles. The Morgan fingerprint density at radius 1 is 1.16 bits per heavy atom. The summed E-state index contributed by atoms with van der Waals surface area (Å²) in [5.74, 6) is -0.776. The molecule has 7 heteroatoms. The highest BCUT2D eigenvalue weighted by molar-refractivity contribution is 7.85. The van der Waals surface area contributed by atoms with Gasteiger partial charge in [-0.15, -0.1) is 0 Å². The first kappa shape index (κ1) is 19.1. The maximum Gasteiger partial charge on any atom is 0.339 e. The topological polar surface area (TPSA) is 72.5 Å². The van der Waals surface area contributed by atoms with Gasteiger partial charge in [0.05, 0.1) is 21.3 Å². The molecule has 2 aromatic carbocycles. The normalized spacial score (nSPS) is 11.6. The smallest absolute Gasteiger partial charge is 0.339 e. The summed E-state index contributed by atoms with van der Waals surface area (Å²) >= 11 is 6.00. The fourth-order valence-electron chi connectivity index (χ4n) is 2.13. The van der Waals surface area contributed by atoms with E-state index in [1.807, 2.05) is 0 Å². The minimum Gasteiger partial charge on any atom is -0.452 e. The van der Waals surface area contributed by atoms with Crippen molar-refractivity contribution in [3.8, 4) is 0 Å². The zero-order valence-corrected chi connectivity index (χ0v) is 15.4. The van der Waals surface area contributed by atoms with Crippen LogP contribution in [0.25, 0.3) is 0 Å². The molecule has 2 aromatic rings. The Morgan fingerprint density at radius 2 is 1.88 bits per heavy atom. The predicted molar refractivity (Wildman–Crippen MR) is 98.5 cm³/mol. The lowest BCUT2D eigenvalue weighted by Crippen LogP contribution is -2.22. The third-order valence-corrected chi connectivity index (χ3v) is 5.27. The molecule has 0 aliphatic heterocycles. The molecule has 0 fully saturated rings. The average molecular weight is 380 g/mol. The molecule has 0 aliphatic rings. The number of amides is 1. The van der Waals surface area contributed by atoms with Crippen molar-refractivity contribution >= 4 is 40.0 Å². The number of carbonyl (C=O) groups excluding carboxylic acids is 2. The van der Waals surface area contributed by atoms with Gasteiger partial charge in [0, 0.05) is 16.5 Å². The first-order chi connectivity index (χ1) is 11.9. The van der Waals surface area contributed by atoms with Gasteiger partial charge in [0.2, 0.25) is 0 Å². The lowest BCUT2D eigenvalue weighted by atomic mass is 10.2. The average Bonchev–Trinajstić information content (AvgIpc) is 2.63. The molecule has 0 unspecified atom stereocenters. The Balaban J connectivity index is 2.02. The quantitative estimate of drug-likeness (QED) is 0.779. The molecule has 0 spiro atoms. The van der Waals surface area contributed by atoms with Crippen LogP contribution < -0.4 is 5.32 Å². The first-order valence-corrected chi connectivity index (χ1v) is 9.33. The van der Waals surface area contributed by atoms with Gasteiger partial charge >= 0.3 is 5.97 Å². The van der Waals surface area contributed by atoms with Gasteiger partial charge in [0.1, 0.15) is 0 Å². The minimum atomic E-state index is -1.29. The van der Waals surface area contributed by atoms with E-state index in [4.69, 9.17) is 16.3 Å². The Morgan fingerprint density at radius 3 is 2.60 bits per heavy atom. The maximum absolute atomic E-state index is 12.2. The summed E-state index contributed by atoms with van der Waals surface area (Å²) < 4.78 is 17.0. The highest BCUT2D eigenvalue weighted by atomic mass is 35.5. The van der Waals surface area contributed by atoms with Crippen molar-refractivity contribution < 1.29 is 18.5 Å². The van der Waals surface area contributed by atoms with Crippen LogP contribution in [0.4, 0.5) is 5.69 Å². The van der Waals surface area contributed by atoms with E-state index in [2.05, 4.69) is 5.32 Å². The Bertz CT molecular complexity index is 822. The first-order valence-electron chi connectivity index (χ1n) is 7.63. The number of nitrogens with one attached hydrogen (secondary N) is 1. The molecule has 1 N–H and O–H groups in total. The van der Waals surface area contributed by atoms with E-state index >= 15 is 0 Å². The summed E-state index contributed by atoms with van der Waals surface area (Å²) in [5, 5.41) is 3.18. The van der Waals surface area contributed by atoms with Crippen LogP contribution in [0.2, 0.25) is 5.02 Å². The SMILES string of the molecule is CC[S@@](=O)c1ccccc1C(=O)OCC(=O)Nc1cccc(Cl)c1C. The van der Waals surface area contributed by atoms with Gasteiger partial charge in [0.15, 0.2) is 6.61 Å². The molecule has 132 valence electrons. The van der Waals surface area contributed by atoms with Crippen LogP contribution in [-0.2, 0) is 20.3 Å². The van der Waals surface area contributed by atoms with Crippen LogP contribution in [0.3, 0.4) is 0 Å². The number of benzene rings is 2. The highest BCUT2D eigenvalue weighted by Gasteiger charge is 2.17. The van der Waals surface area contributed by atoms with Gasteiger partial charge in [-0.2, -0.15) is 0 Å². The van der Waals surface area contributed by atoms with Crippen molar-refractivity contribution in [3.63, 3.8) is 0 Å². The summed E-state index contributed by atoms with van der Waals surface area (Å²) in [6.45, 7) is 3.09. The van der Waals surface area contributed by atoms with Crippen LogP contribution >= 0.6 is 11.6 Å². The second-order valence-corrected chi connectivity index (χ2v) is 7.28. The lowest BCUT2D eigenvalue weighted by molar-refractivity contribution is -0.119. The van der Waals surface area contributed by atoms with Crippen LogP contribution in [0.1, 0.15) is 22.8 Å². The number of ether oxygens (including phenoxy) is 1. The van der Waals surface area contributed by atoms with Crippen molar-refractivity contribution in [2.75, 3.05) is 17.7 Å². The number of halogens is 1. The molecular weight excluding hydrogens is 362 g/mol. The highest BCUT2D eigenvalue weighted by Crippen LogP contribution is 2.22. The molecule has 5 nitrogen and oxygen atoms in total. The molecule has 0 saturated heterocycles. The number of carbonyl (C=O) groups is 2. The Kier molecular flexibility index (Phi) is 6.73. The molecule has 1 amide bonds. The molecule has 0 heterocycles. The van der Waals surface area contributed by atoms with Gasteiger partial charge in [-0.05, 0) is 36.8 Å². The summed E-state index contributed by atoms with van der Waals surface area (Å²) in [5.41, 5.74) is 1.49. The zero-order valence-electron chi connectivity index (χ0n) is 13.9. The number of hydrogen-bond acceptors (Lipinski definition) is 4. The van der Waals surface area contributed by atoms with Crippen molar-refractivity contribution in [2.45, 2.75) is 18.7 Å². The van der Waals surface area contributed by atoms with Crippen LogP contribution in [0.5, 0.6) is 0 Å². The third-order valence-electron chi connectivity index (χ3n) is 3.49. The van der Waals surface area contributed by atoms with Gasteiger partial charge in [-0.3, -0.25) is 9.00 Å². The summed E-state index contributed by atoms with van der Waals surface area (Å²) in [6.07, 6.45) is 0. The summed E-state index contributed by atoms with van der Waals surface area (Å²) in [6, 6.07) is 11.7. The van der Waals surface area contributed by atoms with Crippen LogP contribution in [0.15, 0.2) is 47.4 Å². The van der Waals surface area contributed by atoms with Gasteiger partial charge in [0.25, 0.3) is 5.91 Å². The van der Waals surface area contributed by atoms with Crippen molar-refractivity contribution in [3.05, 3.63) is 58.6 Å². The van der Waals surface area contributed by atoms with E-state index < -0.39 is 29.3 Å². The molecule has 25 heavy (non-hydrogen) atoms. The Labute approximate surface area is 153 Å². The lowest BCUT2D eigenvalue weighted by Gasteiger charge is -2.11. The molecule has 0 aliphatic carbocycles. The van der Waals surface area contributed by atoms with Gasteiger partial charge < -0.3 is 10.1 Å².